The quantitative estimate of drug-likeness (QED) is 0.281. The zero-order valence-electron chi connectivity index (χ0n) is 18.9. The molecule has 0 saturated carbocycles. The number of nitrogens with zero attached hydrogens (tertiary/aromatic N) is 1. The van der Waals surface area contributed by atoms with Crippen molar-refractivity contribution in [2.75, 3.05) is 12.0 Å². The van der Waals surface area contributed by atoms with Gasteiger partial charge in [0.25, 0.3) is 11.8 Å². The van der Waals surface area contributed by atoms with E-state index in [1.54, 1.807) is 24.3 Å². The summed E-state index contributed by atoms with van der Waals surface area (Å²) in [5.74, 6) is -1.19. The summed E-state index contributed by atoms with van der Waals surface area (Å²) in [5, 5.41) is 0. The predicted octanol–water partition coefficient (Wildman–Crippen LogP) is 5.44. The number of hydrogen-bond donors (Lipinski definition) is 0. The number of carbonyl (C=O) groups excluding carboxylic acids is 3. The molecule has 172 valence electrons. The van der Waals surface area contributed by atoms with E-state index in [2.05, 4.69) is 0 Å². The van der Waals surface area contributed by atoms with Crippen molar-refractivity contribution in [1.29, 1.82) is 0 Å². The van der Waals surface area contributed by atoms with E-state index < -0.39 is 23.9 Å². The minimum atomic E-state index is -0.624. The van der Waals surface area contributed by atoms with Crippen LogP contribution in [0.5, 0.6) is 5.75 Å². The monoisotopic (exact) mass is 463 g/mol. The van der Waals surface area contributed by atoms with Crippen LogP contribution in [0.15, 0.2) is 103 Å². The third-order valence-electron chi connectivity index (χ3n) is 5.88. The lowest BCUT2D eigenvalue weighted by molar-refractivity contribution is 0.0378. The highest BCUT2D eigenvalue weighted by Crippen LogP contribution is 2.35. The van der Waals surface area contributed by atoms with Gasteiger partial charge in [-0.15, -0.1) is 0 Å². The lowest BCUT2D eigenvalue weighted by Gasteiger charge is -2.19. The Hall–Kier alpha value is -4.71. The number of rotatable bonds is 6. The second-order valence-corrected chi connectivity index (χ2v) is 7.98. The van der Waals surface area contributed by atoms with Crippen molar-refractivity contribution in [2.24, 2.45) is 0 Å². The summed E-state index contributed by atoms with van der Waals surface area (Å²) in [6.45, 7) is 0. The second kappa shape index (κ2) is 9.27. The molecule has 6 nitrogen and oxygen atoms in total. The first-order valence-electron chi connectivity index (χ1n) is 11.0. The lowest BCUT2D eigenvalue weighted by Crippen LogP contribution is -2.29. The number of anilines is 1. The molecule has 0 fully saturated rings. The number of methoxy groups -OCH3 is 1. The number of benzene rings is 4. The molecular formula is C29H21NO5. The average Bonchev–Trinajstić information content (AvgIpc) is 3.17. The third kappa shape index (κ3) is 4.06. The first-order valence-corrected chi connectivity index (χ1v) is 11.0. The summed E-state index contributed by atoms with van der Waals surface area (Å²) >= 11 is 0. The normalized spacial score (nSPS) is 12.6. The first kappa shape index (κ1) is 22.1. The Bertz CT molecular complexity index is 1380. The van der Waals surface area contributed by atoms with Crippen LogP contribution >= 0.6 is 0 Å². The number of carbonyl (C=O) groups is 3. The highest BCUT2D eigenvalue weighted by atomic mass is 16.5. The highest BCUT2D eigenvalue weighted by molar-refractivity contribution is 6.35. The van der Waals surface area contributed by atoms with E-state index in [1.807, 2.05) is 60.7 Å². The summed E-state index contributed by atoms with van der Waals surface area (Å²) in [4.78, 5) is 40.5. The average molecular weight is 463 g/mol. The van der Waals surface area contributed by atoms with Gasteiger partial charge in [0.1, 0.15) is 5.75 Å². The van der Waals surface area contributed by atoms with Gasteiger partial charge < -0.3 is 9.47 Å². The molecule has 4 aromatic carbocycles. The van der Waals surface area contributed by atoms with Crippen molar-refractivity contribution in [2.45, 2.75) is 6.10 Å². The number of hydrogen-bond acceptors (Lipinski definition) is 5. The molecule has 0 radical (unpaired) electrons. The third-order valence-corrected chi connectivity index (χ3v) is 5.88. The van der Waals surface area contributed by atoms with Crippen LogP contribution in [0.2, 0.25) is 0 Å². The Morgan fingerprint density at radius 3 is 1.91 bits per heavy atom. The summed E-state index contributed by atoms with van der Waals surface area (Å²) in [5.41, 5.74) is 2.54. The van der Waals surface area contributed by atoms with Crippen LogP contribution in [0.4, 0.5) is 5.69 Å². The molecule has 1 aliphatic heterocycles. The molecule has 0 saturated heterocycles. The number of para-hydroxylation sites is 2. The maximum atomic E-state index is 13.2. The molecule has 35 heavy (non-hydrogen) atoms. The molecule has 0 aliphatic carbocycles. The fourth-order valence-electron chi connectivity index (χ4n) is 4.16. The molecule has 0 aromatic heterocycles. The molecule has 6 heteroatoms. The molecule has 5 rings (SSSR count). The van der Waals surface area contributed by atoms with Crippen molar-refractivity contribution in [1.82, 2.24) is 0 Å². The summed E-state index contributed by atoms with van der Waals surface area (Å²) in [6, 6.07) is 30.1. The van der Waals surface area contributed by atoms with Crippen molar-refractivity contribution >= 4 is 23.5 Å². The number of amides is 2. The second-order valence-electron chi connectivity index (χ2n) is 7.98. The maximum absolute atomic E-state index is 13.2. The van der Waals surface area contributed by atoms with Gasteiger partial charge in [-0.2, -0.15) is 0 Å². The van der Waals surface area contributed by atoms with Crippen molar-refractivity contribution in [3.05, 3.63) is 131 Å². The molecule has 0 N–H and O–H groups in total. The van der Waals surface area contributed by atoms with Gasteiger partial charge in [0.15, 0.2) is 6.10 Å². The van der Waals surface area contributed by atoms with Gasteiger partial charge in [-0.25, -0.2) is 9.69 Å². The molecule has 2 amide bonds. The molecular weight excluding hydrogens is 442 g/mol. The van der Waals surface area contributed by atoms with E-state index in [9.17, 15) is 14.4 Å². The van der Waals surface area contributed by atoms with Gasteiger partial charge in [-0.05, 0) is 41.5 Å². The van der Waals surface area contributed by atoms with E-state index in [0.29, 0.717) is 11.4 Å². The molecule has 1 heterocycles. The topological polar surface area (TPSA) is 72.9 Å². The largest absolute Gasteiger partial charge is 0.495 e. The number of fused-ring (bicyclic) bond motifs is 1. The van der Waals surface area contributed by atoms with Crippen LogP contribution in [-0.2, 0) is 4.74 Å². The van der Waals surface area contributed by atoms with E-state index in [4.69, 9.17) is 9.47 Å². The van der Waals surface area contributed by atoms with E-state index in [0.717, 1.165) is 16.0 Å². The first-order chi connectivity index (χ1) is 17.1. The molecule has 0 spiro atoms. The van der Waals surface area contributed by atoms with Crippen molar-refractivity contribution < 1.29 is 23.9 Å². The van der Waals surface area contributed by atoms with E-state index in [1.165, 1.54) is 25.3 Å². The Morgan fingerprint density at radius 1 is 0.714 bits per heavy atom. The predicted molar refractivity (Wildman–Crippen MR) is 131 cm³/mol. The Kier molecular flexibility index (Phi) is 5.85. The number of esters is 1. The Labute approximate surface area is 202 Å². The Balaban J connectivity index is 1.46. The highest BCUT2D eigenvalue weighted by Gasteiger charge is 2.38. The van der Waals surface area contributed by atoms with Crippen LogP contribution in [0, 0.1) is 0 Å². The summed E-state index contributed by atoms with van der Waals surface area (Å²) < 4.78 is 11.2. The molecule has 0 unspecified atom stereocenters. The van der Waals surface area contributed by atoms with Gasteiger partial charge >= 0.3 is 5.97 Å². The molecule has 1 aliphatic rings. The SMILES string of the molecule is COc1ccccc1N1C(=O)c2ccc(C(=O)OC(c3ccccc3)c3ccccc3)cc2C1=O. The molecule has 0 bridgehead atoms. The standard InChI is InChI=1S/C29H21NO5/c1-34-25-15-9-8-14-24(25)30-27(31)22-17-16-21(18-23(22)28(30)32)29(33)35-26(19-10-4-2-5-11-19)20-12-6-3-7-13-20/h2-18,26H,1H3. The zero-order chi connectivity index (χ0) is 24.4. The minimum Gasteiger partial charge on any atom is -0.495 e. The number of imide groups is 1. The van der Waals surface area contributed by atoms with Crippen LogP contribution in [0.3, 0.4) is 0 Å². The van der Waals surface area contributed by atoms with Crippen LogP contribution in [-0.4, -0.2) is 24.9 Å². The smallest absolute Gasteiger partial charge is 0.339 e. The van der Waals surface area contributed by atoms with Crippen molar-refractivity contribution in [3.8, 4) is 5.75 Å². The lowest BCUT2D eigenvalue weighted by atomic mass is 10.0. The van der Waals surface area contributed by atoms with Crippen LogP contribution in [0.25, 0.3) is 0 Å². The molecule has 0 atom stereocenters. The maximum Gasteiger partial charge on any atom is 0.339 e. The number of ether oxygens (including phenoxy) is 2. The van der Waals surface area contributed by atoms with Crippen molar-refractivity contribution in [3.63, 3.8) is 0 Å². The van der Waals surface area contributed by atoms with E-state index >= 15 is 0 Å². The van der Waals surface area contributed by atoms with Gasteiger partial charge in [-0.1, -0.05) is 72.8 Å². The van der Waals surface area contributed by atoms with Crippen LogP contribution < -0.4 is 9.64 Å². The summed E-state index contributed by atoms with van der Waals surface area (Å²) in [6.07, 6.45) is -0.624. The Morgan fingerprint density at radius 2 is 1.29 bits per heavy atom. The van der Waals surface area contributed by atoms with Gasteiger partial charge in [0.2, 0.25) is 0 Å². The fourth-order valence-corrected chi connectivity index (χ4v) is 4.16. The van der Waals surface area contributed by atoms with Crippen LogP contribution in [0.1, 0.15) is 48.3 Å². The van der Waals surface area contributed by atoms with Gasteiger partial charge in [0.05, 0.1) is 29.5 Å². The van der Waals surface area contributed by atoms with Gasteiger partial charge in [0, 0.05) is 0 Å². The minimum absolute atomic E-state index is 0.145. The fraction of sp³-hybridized carbons (Fsp3) is 0.0690. The molecule has 4 aromatic rings. The summed E-state index contributed by atoms with van der Waals surface area (Å²) in [7, 11) is 1.47. The van der Waals surface area contributed by atoms with E-state index in [-0.39, 0.29) is 16.7 Å². The van der Waals surface area contributed by atoms with Gasteiger partial charge in [-0.3, -0.25) is 9.59 Å². The zero-order valence-corrected chi connectivity index (χ0v) is 18.9.